The fraction of sp³-hybridized carbons (Fsp3) is 0.381. The molecule has 0 saturated heterocycles. The molecule has 25 heavy (non-hydrogen) atoms. The van der Waals surface area contributed by atoms with Crippen LogP contribution in [0.25, 0.3) is 0 Å². The largest absolute Gasteiger partial charge is 0.490 e. The molecule has 1 amide bonds. The lowest BCUT2D eigenvalue weighted by molar-refractivity contribution is 0.0939. The van der Waals surface area contributed by atoms with E-state index < -0.39 is 0 Å². The van der Waals surface area contributed by atoms with Crippen LogP contribution in [0.3, 0.4) is 0 Å². The number of ether oxygens (including phenoxy) is 2. The van der Waals surface area contributed by atoms with Crippen LogP contribution in [-0.4, -0.2) is 19.1 Å². The van der Waals surface area contributed by atoms with Crippen LogP contribution >= 0.6 is 0 Å². The average molecular weight is 341 g/mol. The van der Waals surface area contributed by atoms with Crippen LogP contribution in [0.2, 0.25) is 0 Å². The number of rotatable bonds is 7. The van der Waals surface area contributed by atoms with Crippen LogP contribution in [0.4, 0.5) is 0 Å². The highest BCUT2D eigenvalue weighted by Gasteiger charge is 2.15. The Labute approximate surface area is 150 Å². The Bertz CT molecular complexity index is 740. The van der Waals surface area contributed by atoms with Crippen molar-refractivity contribution < 1.29 is 14.3 Å². The smallest absolute Gasteiger partial charge is 0.252 e. The van der Waals surface area contributed by atoms with Crippen molar-refractivity contribution in [3.63, 3.8) is 0 Å². The zero-order valence-corrected chi connectivity index (χ0v) is 15.7. The van der Waals surface area contributed by atoms with E-state index in [1.54, 1.807) is 0 Å². The molecule has 134 valence electrons. The number of hydrogen-bond acceptors (Lipinski definition) is 3. The third-order valence-electron chi connectivity index (χ3n) is 4.05. The van der Waals surface area contributed by atoms with Crippen LogP contribution in [-0.2, 0) is 0 Å². The highest BCUT2D eigenvalue weighted by molar-refractivity contribution is 5.96. The predicted octanol–water partition coefficient (Wildman–Crippen LogP) is 4.59. The topological polar surface area (TPSA) is 47.6 Å². The van der Waals surface area contributed by atoms with Gasteiger partial charge >= 0.3 is 0 Å². The normalized spacial score (nSPS) is 11.7. The third-order valence-corrected chi connectivity index (χ3v) is 4.05. The molecule has 0 fully saturated rings. The molecule has 0 heterocycles. The number of amides is 1. The summed E-state index contributed by atoms with van der Waals surface area (Å²) in [5.74, 6) is 1.36. The zero-order chi connectivity index (χ0) is 18.4. The van der Waals surface area contributed by atoms with E-state index in [2.05, 4.69) is 5.32 Å². The molecule has 4 nitrogen and oxygen atoms in total. The SMILES string of the molecule is CCOc1ccc([C@@H](C)NC(=O)c2cc(C)ccc2C)cc1OCC. The summed E-state index contributed by atoms with van der Waals surface area (Å²) in [7, 11) is 0. The Morgan fingerprint density at radius 1 is 1.00 bits per heavy atom. The van der Waals surface area contributed by atoms with Gasteiger partial charge in [-0.3, -0.25) is 4.79 Å². The molecular weight excluding hydrogens is 314 g/mol. The van der Waals surface area contributed by atoms with E-state index in [1.807, 2.05) is 71.0 Å². The minimum Gasteiger partial charge on any atom is -0.490 e. The molecule has 0 radical (unpaired) electrons. The summed E-state index contributed by atoms with van der Waals surface area (Å²) in [6.45, 7) is 10.9. The summed E-state index contributed by atoms with van der Waals surface area (Å²) >= 11 is 0. The van der Waals surface area contributed by atoms with E-state index in [0.29, 0.717) is 24.5 Å². The first-order valence-electron chi connectivity index (χ1n) is 8.73. The van der Waals surface area contributed by atoms with Gasteiger partial charge in [-0.2, -0.15) is 0 Å². The Hall–Kier alpha value is -2.49. The lowest BCUT2D eigenvalue weighted by Gasteiger charge is -2.18. The van der Waals surface area contributed by atoms with Crippen molar-refractivity contribution in [1.82, 2.24) is 5.32 Å². The molecule has 1 N–H and O–H groups in total. The van der Waals surface area contributed by atoms with Crippen molar-refractivity contribution in [2.24, 2.45) is 0 Å². The van der Waals surface area contributed by atoms with Gasteiger partial charge < -0.3 is 14.8 Å². The van der Waals surface area contributed by atoms with Gasteiger partial charge in [-0.15, -0.1) is 0 Å². The standard InChI is InChI=1S/C21H27NO3/c1-6-24-19-11-10-17(13-20(19)25-7-2)16(5)22-21(23)18-12-14(3)8-9-15(18)4/h8-13,16H,6-7H2,1-5H3,(H,22,23)/t16-/m1/s1. The summed E-state index contributed by atoms with van der Waals surface area (Å²) in [5, 5.41) is 3.07. The highest BCUT2D eigenvalue weighted by atomic mass is 16.5. The van der Waals surface area contributed by atoms with Crippen LogP contribution in [0.5, 0.6) is 11.5 Å². The maximum atomic E-state index is 12.6. The van der Waals surface area contributed by atoms with E-state index in [0.717, 1.165) is 22.4 Å². The summed E-state index contributed by atoms with van der Waals surface area (Å²) in [6.07, 6.45) is 0. The molecule has 0 saturated carbocycles. The number of benzene rings is 2. The molecule has 2 aromatic rings. The van der Waals surface area contributed by atoms with Gasteiger partial charge in [0.1, 0.15) is 0 Å². The number of carbonyl (C=O) groups is 1. The van der Waals surface area contributed by atoms with Gasteiger partial charge in [-0.05, 0) is 63.9 Å². The van der Waals surface area contributed by atoms with E-state index in [4.69, 9.17) is 9.47 Å². The van der Waals surface area contributed by atoms with Crippen LogP contribution in [0, 0.1) is 13.8 Å². The maximum absolute atomic E-state index is 12.6. The lowest BCUT2D eigenvalue weighted by Crippen LogP contribution is -2.27. The molecule has 0 aliphatic carbocycles. The summed E-state index contributed by atoms with van der Waals surface area (Å²) < 4.78 is 11.3. The van der Waals surface area contributed by atoms with E-state index in [-0.39, 0.29) is 11.9 Å². The predicted molar refractivity (Wildman–Crippen MR) is 101 cm³/mol. The van der Waals surface area contributed by atoms with Crippen molar-refractivity contribution in [2.45, 2.75) is 40.7 Å². The molecule has 0 aliphatic heterocycles. The molecular formula is C21H27NO3. The second kappa shape index (κ2) is 8.56. The van der Waals surface area contributed by atoms with Crippen molar-refractivity contribution in [3.8, 4) is 11.5 Å². The quantitative estimate of drug-likeness (QED) is 0.801. The van der Waals surface area contributed by atoms with E-state index in [1.165, 1.54) is 0 Å². The fourth-order valence-electron chi connectivity index (χ4n) is 2.68. The third kappa shape index (κ3) is 4.75. The first-order valence-corrected chi connectivity index (χ1v) is 8.73. The molecule has 2 aromatic carbocycles. The fourth-order valence-corrected chi connectivity index (χ4v) is 2.68. The van der Waals surface area contributed by atoms with Crippen LogP contribution in [0.1, 0.15) is 53.9 Å². The number of hydrogen-bond donors (Lipinski definition) is 1. The van der Waals surface area contributed by atoms with Gasteiger partial charge in [-0.1, -0.05) is 23.8 Å². The van der Waals surface area contributed by atoms with Gasteiger partial charge in [0.25, 0.3) is 5.91 Å². The monoisotopic (exact) mass is 341 g/mol. The Kier molecular flexibility index (Phi) is 6.45. The zero-order valence-electron chi connectivity index (χ0n) is 15.7. The number of carbonyl (C=O) groups excluding carboxylic acids is 1. The Morgan fingerprint density at radius 3 is 2.36 bits per heavy atom. The average Bonchev–Trinajstić information content (AvgIpc) is 2.58. The summed E-state index contributed by atoms with van der Waals surface area (Å²) in [6, 6.07) is 11.5. The summed E-state index contributed by atoms with van der Waals surface area (Å²) in [4.78, 5) is 12.6. The maximum Gasteiger partial charge on any atom is 0.252 e. The van der Waals surface area contributed by atoms with Gasteiger partial charge in [0, 0.05) is 5.56 Å². The van der Waals surface area contributed by atoms with E-state index in [9.17, 15) is 4.79 Å². The van der Waals surface area contributed by atoms with Crippen molar-refractivity contribution in [1.29, 1.82) is 0 Å². The van der Waals surface area contributed by atoms with Gasteiger partial charge in [-0.25, -0.2) is 0 Å². The molecule has 2 rings (SSSR count). The minimum absolute atomic E-state index is 0.0689. The van der Waals surface area contributed by atoms with Crippen LogP contribution in [0.15, 0.2) is 36.4 Å². The van der Waals surface area contributed by atoms with E-state index >= 15 is 0 Å². The minimum atomic E-state index is -0.137. The molecule has 0 aromatic heterocycles. The van der Waals surface area contributed by atoms with Gasteiger partial charge in [0.15, 0.2) is 11.5 Å². The molecule has 0 spiro atoms. The van der Waals surface area contributed by atoms with Crippen molar-refractivity contribution >= 4 is 5.91 Å². The molecule has 1 atom stereocenters. The highest BCUT2D eigenvalue weighted by Crippen LogP contribution is 2.30. The molecule has 0 aliphatic rings. The summed E-state index contributed by atoms with van der Waals surface area (Å²) in [5.41, 5.74) is 3.73. The first-order chi connectivity index (χ1) is 12.0. The molecule has 4 heteroatoms. The number of aryl methyl sites for hydroxylation is 2. The van der Waals surface area contributed by atoms with Crippen LogP contribution < -0.4 is 14.8 Å². The van der Waals surface area contributed by atoms with Gasteiger partial charge in [0.2, 0.25) is 0 Å². The first kappa shape index (κ1) is 18.8. The lowest BCUT2D eigenvalue weighted by atomic mass is 10.0. The second-order valence-corrected chi connectivity index (χ2v) is 6.09. The second-order valence-electron chi connectivity index (χ2n) is 6.09. The number of nitrogens with one attached hydrogen (secondary N) is 1. The Morgan fingerprint density at radius 2 is 1.68 bits per heavy atom. The molecule has 0 bridgehead atoms. The molecule has 0 unspecified atom stereocenters. The van der Waals surface area contributed by atoms with Gasteiger partial charge in [0.05, 0.1) is 19.3 Å². The van der Waals surface area contributed by atoms with Crippen molar-refractivity contribution in [2.75, 3.05) is 13.2 Å². The van der Waals surface area contributed by atoms with Crippen molar-refractivity contribution in [3.05, 3.63) is 58.7 Å². The Balaban J connectivity index is 2.19.